The van der Waals surface area contributed by atoms with Crippen LogP contribution in [0.25, 0.3) is 22.3 Å². The smallest absolute Gasteiger partial charge is 0.220 e. The minimum Gasteiger partial charge on any atom is -0.494 e. The molecule has 196 valence electrons. The molecule has 2 aromatic carbocycles. The number of amides is 1. The van der Waals surface area contributed by atoms with Gasteiger partial charge in [0.05, 0.1) is 25.3 Å². The highest BCUT2D eigenvalue weighted by Crippen LogP contribution is 2.30. The summed E-state index contributed by atoms with van der Waals surface area (Å²) in [5.41, 5.74) is 1.71. The summed E-state index contributed by atoms with van der Waals surface area (Å²) in [4.78, 5) is 23.8. The maximum Gasteiger partial charge on any atom is 0.220 e. The largest absolute Gasteiger partial charge is 0.494 e. The van der Waals surface area contributed by atoms with Gasteiger partial charge in [-0.25, -0.2) is 9.97 Å². The number of aromatic nitrogens is 2. The fourth-order valence-corrected chi connectivity index (χ4v) is 4.75. The fraction of sp³-hybridized carbons (Fsp3) is 0.464. The number of rotatable bonds is 9. The molecule has 1 aromatic heterocycles. The lowest BCUT2D eigenvalue weighted by atomic mass is 10.1. The van der Waals surface area contributed by atoms with E-state index in [1.807, 2.05) is 49.4 Å². The average Bonchev–Trinajstić information content (AvgIpc) is 2.91. The molecule has 2 aliphatic heterocycles. The molecule has 0 spiro atoms. The van der Waals surface area contributed by atoms with E-state index in [-0.39, 0.29) is 11.9 Å². The molecule has 37 heavy (non-hydrogen) atoms. The zero-order valence-corrected chi connectivity index (χ0v) is 21.5. The second-order valence-electron chi connectivity index (χ2n) is 9.53. The van der Waals surface area contributed by atoms with Crippen molar-refractivity contribution in [2.45, 2.75) is 38.8 Å². The van der Waals surface area contributed by atoms with Gasteiger partial charge in [0, 0.05) is 49.1 Å². The lowest BCUT2D eigenvalue weighted by Crippen LogP contribution is -2.45. The van der Waals surface area contributed by atoms with E-state index in [0.717, 1.165) is 66.5 Å². The van der Waals surface area contributed by atoms with Gasteiger partial charge in [0.15, 0.2) is 5.82 Å². The molecule has 0 aliphatic carbocycles. The van der Waals surface area contributed by atoms with Crippen LogP contribution in [-0.4, -0.2) is 78.9 Å². The van der Waals surface area contributed by atoms with E-state index in [2.05, 4.69) is 22.5 Å². The minimum absolute atomic E-state index is 0.0878. The van der Waals surface area contributed by atoms with E-state index < -0.39 is 0 Å². The van der Waals surface area contributed by atoms with Gasteiger partial charge >= 0.3 is 0 Å². The van der Waals surface area contributed by atoms with Crippen LogP contribution in [-0.2, 0) is 9.53 Å². The number of hydrogen-bond acceptors (Lipinski definition) is 8. The van der Waals surface area contributed by atoms with Crippen molar-refractivity contribution in [3.05, 3.63) is 42.5 Å². The number of piperidine rings is 1. The van der Waals surface area contributed by atoms with E-state index in [1.54, 1.807) is 0 Å². The van der Waals surface area contributed by atoms with E-state index in [0.29, 0.717) is 38.0 Å². The molecule has 3 heterocycles. The SMILES string of the molecule is CCOc1ccc2nc(-c3cccc(OCCN4CCOCC4C)c3)nc(NC3CCC(=O)NC3)c2c1. The van der Waals surface area contributed by atoms with Gasteiger partial charge in [-0.05, 0) is 50.6 Å². The quantitative estimate of drug-likeness (QED) is 0.456. The van der Waals surface area contributed by atoms with Crippen molar-refractivity contribution in [2.75, 3.05) is 51.4 Å². The molecule has 0 radical (unpaired) electrons. The lowest BCUT2D eigenvalue weighted by Gasteiger charge is -2.32. The van der Waals surface area contributed by atoms with Crippen molar-refractivity contribution in [3.63, 3.8) is 0 Å². The van der Waals surface area contributed by atoms with Crippen LogP contribution in [0.15, 0.2) is 42.5 Å². The zero-order chi connectivity index (χ0) is 25.6. The Balaban J connectivity index is 1.38. The van der Waals surface area contributed by atoms with Crippen LogP contribution in [0.1, 0.15) is 26.7 Å². The number of morpholine rings is 1. The number of carbonyl (C=O) groups excluding carboxylic acids is 1. The summed E-state index contributed by atoms with van der Waals surface area (Å²) in [6.45, 7) is 9.22. The Morgan fingerprint density at radius 3 is 2.86 bits per heavy atom. The van der Waals surface area contributed by atoms with E-state index in [9.17, 15) is 4.79 Å². The summed E-state index contributed by atoms with van der Waals surface area (Å²) >= 11 is 0. The van der Waals surface area contributed by atoms with Crippen LogP contribution in [0.3, 0.4) is 0 Å². The third-order valence-electron chi connectivity index (χ3n) is 6.83. The predicted octanol–water partition coefficient (Wildman–Crippen LogP) is 3.49. The zero-order valence-electron chi connectivity index (χ0n) is 21.5. The van der Waals surface area contributed by atoms with Gasteiger partial charge in [-0.3, -0.25) is 9.69 Å². The van der Waals surface area contributed by atoms with Gasteiger partial charge in [0.2, 0.25) is 5.91 Å². The maximum absolute atomic E-state index is 11.6. The Labute approximate surface area is 217 Å². The van der Waals surface area contributed by atoms with Crippen LogP contribution in [0.4, 0.5) is 5.82 Å². The summed E-state index contributed by atoms with van der Waals surface area (Å²) in [5.74, 6) is 3.00. The number of carbonyl (C=O) groups is 1. The van der Waals surface area contributed by atoms with Crippen LogP contribution >= 0.6 is 0 Å². The molecule has 2 unspecified atom stereocenters. The summed E-state index contributed by atoms with van der Waals surface area (Å²) in [6, 6.07) is 14.3. The molecule has 2 atom stereocenters. The molecule has 1 amide bonds. The molecular weight excluding hydrogens is 470 g/mol. The highest BCUT2D eigenvalue weighted by Gasteiger charge is 2.21. The van der Waals surface area contributed by atoms with Crippen LogP contribution in [0.5, 0.6) is 11.5 Å². The standard InChI is InChI=1S/C28H35N5O4/c1-3-36-23-8-9-25-24(16-23)28(30-21-7-10-26(34)29-17-21)32-27(31-25)20-5-4-6-22(15-20)37-14-12-33-11-13-35-18-19(33)2/h4-6,8-9,15-16,19,21H,3,7,10-14,17-18H2,1-2H3,(H,29,34)(H,30,31,32). The first-order chi connectivity index (χ1) is 18.1. The Hall–Kier alpha value is -3.43. The van der Waals surface area contributed by atoms with Gasteiger partial charge in [0.25, 0.3) is 0 Å². The van der Waals surface area contributed by atoms with Crippen LogP contribution < -0.4 is 20.1 Å². The number of hydrogen-bond donors (Lipinski definition) is 2. The van der Waals surface area contributed by atoms with Gasteiger partial charge in [-0.15, -0.1) is 0 Å². The molecule has 9 heteroatoms. The van der Waals surface area contributed by atoms with Crippen molar-refractivity contribution in [1.29, 1.82) is 0 Å². The third kappa shape index (κ3) is 6.29. The monoisotopic (exact) mass is 505 g/mol. The molecule has 2 N–H and O–H groups in total. The van der Waals surface area contributed by atoms with Crippen molar-refractivity contribution in [1.82, 2.24) is 20.2 Å². The summed E-state index contributed by atoms with van der Waals surface area (Å²) in [5, 5.41) is 7.37. The molecular formula is C28H35N5O4. The number of anilines is 1. The molecule has 2 aliphatic rings. The number of nitrogens with one attached hydrogen (secondary N) is 2. The van der Waals surface area contributed by atoms with E-state index >= 15 is 0 Å². The number of nitrogens with zero attached hydrogens (tertiary/aromatic N) is 3. The fourth-order valence-electron chi connectivity index (χ4n) is 4.75. The molecule has 0 bridgehead atoms. The van der Waals surface area contributed by atoms with Crippen molar-refractivity contribution < 1.29 is 19.0 Å². The minimum atomic E-state index is 0.0878. The Kier molecular flexibility index (Phi) is 8.01. The second-order valence-corrected chi connectivity index (χ2v) is 9.53. The summed E-state index contributed by atoms with van der Waals surface area (Å²) in [7, 11) is 0. The van der Waals surface area contributed by atoms with Gasteiger partial charge in [0.1, 0.15) is 23.9 Å². The van der Waals surface area contributed by atoms with Gasteiger partial charge < -0.3 is 24.8 Å². The summed E-state index contributed by atoms with van der Waals surface area (Å²) in [6.07, 6.45) is 1.25. The number of fused-ring (bicyclic) bond motifs is 1. The Morgan fingerprint density at radius 2 is 2.05 bits per heavy atom. The summed E-state index contributed by atoms with van der Waals surface area (Å²) < 4.78 is 17.4. The topological polar surface area (TPSA) is 97.8 Å². The Morgan fingerprint density at radius 1 is 1.16 bits per heavy atom. The van der Waals surface area contributed by atoms with Gasteiger partial charge in [-0.1, -0.05) is 12.1 Å². The van der Waals surface area contributed by atoms with Crippen molar-refractivity contribution in [2.24, 2.45) is 0 Å². The van der Waals surface area contributed by atoms with Crippen LogP contribution in [0, 0.1) is 0 Å². The lowest BCUT2D eigenvalue weighted by molar-refractivity contribution is -0.122. The van der Waals surface area contributed by atoms with E-state index in [1.165, 1.54) is 0 Å². The highest BCUT2D eigenvalue weighted by molar-refractivity contribution is 5.92. The molecule has 9 nitrogen and oxygen atoms in total. The first-order valence-corrected chi connectivity index (χ1v) is 13.1. The number of benzene rings is 2. The first-order valence-electron chi connectivity index (χ1n) is 13.1. The third-order valence-corrected chi connectivity index (χ3v) is 6.83. The predicted molar refractivity (Wildman–Crippen MR) is 143 cm³/mol. The van der Waals surface area contributed by atoms with Crippen molar-refractivity contribution in [3.8, 4) is 22.9 Å². The highest BCUT2D eigenvalue weighted by atomic mass is 16.5. The maximum atomic E-state index is 11.6. The second kappa shape index (κ2) is 11.7. The molecule has 2 fully saturated rings. The van der Waals surface area contributed by atoms with Crippen molar-refractivity contribution >= 4 is 22.6 Å². The van der Waals surface area contributed by atoms with Crippen LogP contribution in [0.2, 0.25) is 0 Å². The first kappa shape index (κ1) is 25.2. The number of ether oxygens (including phenoxy) is 3. The average molecular weight is 506 g/mol. The molecule has 5 rings (SSSR count). The molecule has 0 saturated carbocycles. The molecule has 3 aromatic rings. The normalized spacial score (nSPS) is 20.4. The van der Waals surface area contributed by atoms with Gasteiger partial charge in [-0.2, -0.15) is 0 Å². The van der Waals surface area contributed by atoms with E-state index in [4.69, 9.17) is 24.2 Å². The molecule has 2 saturated heterocycles. The Bertz CT molecular complexity index is 1230.